The SMILES string of the molecule is CC(C)N1Cc2cnn(CC3CC3)c2C1. The van der Waals surface area contributed by atoms with Gasteiger partial charge in [0.15, 0.2) is 0 Å². The summed E-state index contributed by atoms with van der Waals surface area (Å²) >= 11 is 0. The van der Waals surface area contributed by atoms with Crippen molar-refractivity contribution in [1.29, 1.82) is 0 Å². The van der Waals surface area contributed by atoms with E-state index in [-0.39, 0.29) is 0 Å². The highest BCUT2D eigenvalue weighted by atomic mass is 15.3. The van der Waals surface area contributed by atoms with Crippen LogP contribution in [0.1, 0.15) is 37.9 Å². The molecule has 1 aliphatic carbocycles. The van der Waals surface area contributed by atoms with Gasteiger partial charge in [-0.1, -0.05) is 0 Å². The number of hydrogen-bond donors (Lipinski definition) is 0. The van der Waals surface area contributed by atoms with Crippen LogP contribution in [0.5, 0.6) is 0 Å². The zero-order valence-electron chi connectivity index (χ0n) is 9.61. The molecule has 1 aromatic rings. The van der Waals surface area contributed by atoms with Crippen LogP contribution in [0.2, 0.25) is 0 Å². The number of fused-ring (bicyclic) bond motifs is 1. The average molecular weight is 205 g/mol. The molecule has 15 heavy (non-hydrogen) atoms. The third-order valence-corrected chi connectivity index (χ3v) is 3.62. The minimum atomic E-state index is 0.645. The van der Waals surface area contributed by atoms with Gasteiger partial charge in [-0.15, -0.1) is 0 Å². The Hall–Kier alpha value is -0.830. The summed E-state index contributed by atoms with van der Waals surface area (Å²) in [4.78, 5) is 2.51. The molecule has 2 heterocycles. The maximum absolute atomic E-state index is 4.50. The van der Waals surface area contributed by atoms with Gasteiger partial charge in [-0.2, -0.15) is 5.10 Å². The standard InChI is InChI=1S/C12H19N3/c1-9(2)14-7-11-5-13-15(12(11)8-14)6-10-3-4-10/h5,9-10H,3-4,6-8H2,1-2H3. The lowest BCUT2D eigenvalue weighted by Gasteiger charge is -2.19. The summed E-state index contributed by atoms with van der Waals surface area (Å²) in [6, 6.07) is 0.645. The molecular weight excluding hydrogens is 186 g/mol. The topological polar surface area (TPSA) is 21.1 Å². The Morgan fingerprint density at radius 2 is 2.20 bits per heavy atom. The van der Waals surface area contributed by atoms with Crippen LogP contribution in [0.3, 0.4) is 0 Å². The lowest BCUT2D eigenvalue weighted by atomic mass is 10.3. The predicted molar refractivity (Wildman–Crippen MR) is 59.3 cm³/mol. The fourth-order valence-corrected chi connectivity index (χ4v) is 2.30. The normalized spacial score (nSPS) is 21.3. The van der Waals surface area contributed by atoms with E-state index in [1.54, 1.807) is 0 Å². The van der Waals surface area contributed by atoms with Crippen molar-refractivity contribution in [3.8, 4) is 0 Å². The Morgan fingerprint density at radius 1 is 1.40 bits per heavy atom. The molecule has 3 nitrogen and oxygen atoms in total. The summed E-state index contributed by atoms with van der Waals surface area (Å²) in [5.74, 6) is 0.919. The quantitative estimate of drug-likeness (QED) is 0.752. The van der Waals surface area contributed by atoms with Gasteiger partial charge in [0, 0.05) is 31.2 Å². The molecule has 0 aromatic carbocycles. The molecule has 0 spiro atoms. The van der Waals surface area contributed by atoms with Crippen molar-refractivity contribution in [3.63, 3.8) is 0 Å². The molecule has 0 saturated heterocycles. The van der Waals surface area contributed by atoms with Crippen molar-refractivity contribution in [2.24, 2.45) is 5.92 Å². The number of hydrogen-bond acceptors (Lipinski definition) is 2. The van der Waals surface area contributed by atoms with Gasteiger partial charge in [0.1, 0.15) is 0 Å². The first-order valence-electron chi connectivity index (χ1n) is 6.01. The van der Waals surface area contributed by atoms with Crippen LogP contribution < -0.4 is 0 Å². The summed E-state index contributed by atoms with van der Waals surface area (Å²) in [5, 5.41) is 4.50. The molecule has 0 unspecified atom stereocenters. The van der Waals surface area contributed by atoms with Gasteiger partial charge < -0.3 is 0 Å². The lowest BCUT2D eigenvalue weighted by Crippen LogP contribution is -2.25. The maximum Gasteiger partial charge on any atom is 0.0569 e. The second kappa shape index (κ2) is 3.34. The zero-order valence-corrected chi connectivity index (χ0v) is 9.61. The van der Waals surface area contributed by atoms with Crippen LogP contribution in [-0.4, -0.2) is 20.7 Å². The van der Waals surface area contributed by atoms with Crippen molar-refractivity contribution < 1.29 is 0 Å². The molecule has 1 aliphatic heterocycles. The summed E-state index contributed by atoms with van der Waals surface area (Å²) in [6.07, 6.45) is 4.88. The van der Waals surface area contributed by atoms with Crippen LogP contribution in [0.25, 0.3) is 0 Å². The molecule has 1 fully saturated rings. The van der Waals surface area contributed by atoms with E-state index in [9.17, 15) is 0 Å². The highest BCUT2D eigenvalue weighted by Crippen LogP contribution is 2.32. The van der Waals surface area contributed by atoms with Crippen molar-refractivity contribution in [3.05, 3.63) is 17.5 Å². The van der Waals surface area contributed by atoms with Gasteiger partial charge >= 0.3 is 0 Å². The van der Waals surface area contributed by atoms with Gasteiger partial charge in [-0.05, 0) is 32.6 Å². The molecule has 3 heteroatoms. The molecule has 0 N–H and O–H groups in total. The van der Waals surface area contributed by atoms with Crippen LogP contribution in [0.15, 0.2) is 6.20 Å². The van der Waals surface area contributed by atoms with Crippen LogP contribution in [-0.2, 0) is 19.6 Å². The monoisotopic (exact) mass is 205 g/mol. The Bertz CT molecular complexity index is 363. The summed E-state index contributed by atoms with van der Waals surface area (Å²) in [6.45, 7) is 7.88. The van der Waals surface area contributed by atoms with Crippen molar-refractivity contribution >= 4 is 0 Å². The lowest BCUT2D eigenvalue weighted by molar-refractivity contribution is 0.221. The first kappa shape index (κ1) is 9.40. The largest absolute Gasteiger partial charge is 0.291 e. The first-order chi connectivity index (χ1) is 7.24. The second-order valence-electron chi connectivity index (χ2n) is 5.24. The van der Waals surface area contributed by atoms with Crippen LogP contribution in [0.4, 0.5) is 0 Å². The molecule has 0 atom stereocenters. The molecule has 82 valence electrons. The van der Waals surface area contributed by atoms with Gasteiger partial charge in [0.25, 0.3) is 0 Å². The zero-order chi connectivity index (χ0) is 10.4. The third kappa shape index (κ3) is 1.69. The predicted octanol–water partition coefficient (Wildman–Crippen LogP) is 2.02. The Kier molecular flexibility index (Phi) is 2.09. The number of aromatic nitrogens is 2. The first-order valence-corrected chi connectivity index (χ1v) is 6.01. The fourth-order valence-electron chi connectivity index (χ4n) is 2.30. The van der Waals surface area contributed by atoms with Gasteiger partial charge in [-0.25, -0.2) is 0 Å². The molecule has 0 radical (unpaired) electrons. The summed E-state index contributed by atoms with van der Waals surface area (Å²) in [7, 11) is 0. The number of nitrogens with zero attached hydrogens (tertiary/aromatic N) is 3. The van der Waals surface area contributed by atoms with E-state index in [1.807, 2.05) is 0 Å². The molecule has 0 amide bonds. The smallest absolute Gasteiger partial charge is 0.0569 e. The van der Waals surface area contributed by atoms with Crippen molar-refractivity contribution in [2.45, 2.75) is 52.4 Å². The van der Waals surface area contributed by atoms with Gasteiger partial charge in [-0.3, -0.25) is 9.58 Å². The Morgan fingerprint density at radius 3 is 2.87 bits per heavy atom. The molecule has 2 aliphatic rings. The summed E-state index contributed by atoms with van der Waals surface area (Å²) < 4.78 is 2.25. The van der Waals surface area contributed by atoms with E-state index in [1.165, 1.54) is 24.1 Å². The third-order valence-electron chi connectivity index (χ3n) is 3.62. The molecule has 0 bridgehead atoms. The maximum atomic E-state index is 4.50. The summed E-state index contributed by atoms with van der Waals surface area (Å²) in [5.41, 5.74) is 2.92. The van der Waals surface area contributed by atoms with Crippen LogP contribution in [0, 0.1) is 5.92 Å². The minimum Gasteiger partial charge on any atom is -0.291 e. The molecular formula is C12H19N3. The van der Waals surface area contributed by atoms with E-state index in [0.29, 0.717) is 6.04 Å². The van der Waals surface area contributed by atoms with E-state index in [2.05, 4.69) is 34.7 Å². The Balaban J connectivity index is 1.77. The van der Waals surface area contributed by atoms with E-state index < -0.39 is 0 Å². The van der Waals surface area contributed by atoms with Gasteiger partial charge in [0.05, 0.1) is 11.9 Å². The van der Waals surface area contributed by atoms with Crippen molar-refractivity contribution in [1.82, 2.24) is 14.7 Å². The van der Waals surface area contributed by atoms with E-state index in [4.69, 9.17) is 0 Å². The Labute approximate surface area is 91.1 Å². The van der Waals surface area contributed by atoms with E-state index >= 15 is 0 Å². The molecule has 3 rings (SSSR count). The fraction of sp³-hybridized carbons (Fsp3) is 0.750. The molecule has 1 saturated carbocycles. The highest BCUT2D eigenvalue weighted by molar-refractivity contribution is 5.22. The highest BCUT2D eigenvalue weighted by Gasteiger charge is 2.28. The van der Waals surface area contributed by atoms with Crippen molar-refractivity contribution in [2.75, 3.05) is 0 Å². The average Bonchev–Trinajstić information content (AvgIpc) is 2.76. The van der Waals surface area contributed by atoms with E-state index in [0.717, 1.165) is 25.6 Å². The van der Waals surface area contributed by atoms with Gasteiger partial charge in [0.2, 0.25) is 0 Å². The number of rotatable bonds is 3. The molecule has 1 aromatic heterocycles. The second-order valence-corrected chi connectivity index (χ2v) is 5.24. The van der Waals surface area contributed by atoms with Crippen LogP contribution >= 0.6 is 0 Å². The minimum absolute atomic E-state index is 0.645.